The van der Waals surface area contributed by atoms with Crippen molar-refractivity contribution >= 4 is 23.2 Å². The lowest BCUT2D eigenvalue weighted by Crippen LogP contribution is -2.38. The molecular formula is C19H24N4OS. The van der Waals surface area contributed by atoms with Gasteiger partial charge in [0.2, 0.25) is 5.95 Å². The van der Waals surface area contributed by atoms with Gasteiger partial charge in [0, 0.05) is 38.6 Å². The van der Waals surface area contributed by atoms with Crippen molar-refractivity contribution in [2.45, 2.75) is 26.2 Å². The molecule has 1 atom stereocenters. The molecule has 6 heteroatoms. The molecule has 2 saturated heterocycles. The molecule has 0 N–H and O–H groups in total. The van der Waals surface area contributed by atoms with Crippen molar-refractivity contribution < 1.29 is 4.79 Å². The number of nitrogens with zero attached hydrogens (tertiary/aromatic N) is 4. The molecule has 0 spiro atoms. The van der Waals surface area contributed by atoms with Gasteiger partial charge < -0.3 is 9.80 Å². The van der Waals surface area contributed by atoms with E-state index in [1.54, 1.807) is 23.7 Å². The van der Waals surface area contributed by atoms with Gasteiger partial charge in [0.25, 0.3) is 5.91 Å². The Morgan fingerprint density at radius 3 is 2.52 bits per heavy atom. The van der Waals surface area contributed by atoms with Crippen LogP contribution in [0.25, 0.3) is 0 Å². The molecule has 1 unspecified atom stereocenters. The number of hydrogen-bond acceptors (Lipinski definition) is 5. The Morgan fingerprint density at radius 1 is 1.12 bits per heavy atom. The summed E-state index contributed by atoms with van der Waals surface area (Å²) in [7, 11) is 0. The first-order valence-electron chi connectivity index (χ1n) is 9.07. The summed E-state index contributed by atoms with van der Waals surface area (Å²) in [6.45, 7) is 5.89. The normalized spacial score (nSPS) is 21.7. The first-order valence-corrected chi connectivity index (χ1v) is 9.95. The Morgan fingerprint density at radius 2 is 1.84 bits per heavy atom. The van der Waals surface area contributed by atoms with E-state index in [1.165, 1.54) is 12.8 Å². The number of piperidine rings is 1. The minimum Gasteiger partial charge on any atom is -0.341 e. The zero-order valence-corrected chi connectivity index (χ0v) is 15.4. The Labute approximate surface area is 152 Å². The van der Waals surface area contributed by atoms with Crippen molar-refractivity contribution in [2.75, 3.05) is 31.1 Å². The molecule has 0 saturated carbocycles. The lowest BCUT2D eigenvalue weighted by molar-refractivity contribution is 0.0785. The fourth-order valence-electron chi connectivity index (χ4n) is 4.12. The van der Waals surface area contributed by atoms with E-state index >= 15 is 0 Å². The van der Waals surface area contributed by atoms with E-state index in [1.807, 2.05) is 24.4 Å². The minimum absolute atomic E-state index is 0.227. The topological polar surface area (TPSA) is 49.3 Å². The predicted molar refractivity (Wildman–Crippen MR) is 100 cm³/mol. The first-order chi connectivity index (χ1) is 12.2. The van der Waals surface area contributed by atoms with Crippen molar-refractivity contribution in [3.8, 4) is 0 Å². The van der Waals surface area contributed by atoms with E-state index < -0.39 is 0 Å². The average Bonchev–Trinajstić information content (AvgIpc) is 3.31. The van der Waals surface area contributed by atoms with Crippen molar-refractivity contribution in [1.82, 2.24) is 14.9 Å². The average molecular weight is 356 g/mol. The molecule has 0 radical (unpaired) electrons. The van der Waals surface area contributed by atoms with Crippen LogP contribution in [-0.2, 0) is 0 Å². The number of rotatable bonds is 3. The third kappa shape index (κ3) is 3.40. The summed E-state index contributed by atoms with van der Waals surface area (Å²) in [4.78, 5) is 26.7. The first kappa shape index (κ1) is 16.5. The van der Waals surface area contributed by atoms with Crippen LogP contribution in [0.3, 0.4) is 0 Å². The maximum absolute atomic E-state index is 12.7. The molecule has 4 heterocycles. The molecule has 2 aromatic heterocycles. The highest BCUT2D eigenvalue weighted by atomic mass is 32.1. The van der Waals surface area contributed by atoms with E-state index in [2.05, 4.69) is 19.8 Å². The van der Waals surface area contributed by atoms with Gasteiger partial charge in [-0.15, -0.1) is 11.3 Å². The summed E-state index contributed by atoms with van der Waals surface area (Å²) in [5.74, 6) is 2.42. The van der Waals surface area contributed by atoms with Crippen LogP contribution in [-0.4, -0.2) is 47.0 Å². The molecule has 2 aliphatic heterocycles. The van der Waals surface area contributed by atoms with Gasteiger partial charge in [0.05, 0.1) is 4.88 Å². The van der Waals surface area contributed by atoms with Gasteiger partial charge in [-0.3, -0.25) is 4.79 Å². The molecule has 1 amide bonds. The molecule has 5 nitrogen and oxygen atoms in total. The molecular weight excluding hydrogens is 332 g/mol. The van der Waals surface area contributed by atoms with Crippen LogP contribution in [0.2, 0.25) is 0 Å². The van der Waals surface area contributed by atoms with Crippen LogP contribution in [0.4, 0.5) is 5.95 Å². The van der Waals surface area contributed by atoms with Crippen LogP contribution in [0.15, 0.2) is 29.9 Å². The van der Waals surface area contributed by atoms with E-state index in [-0.39, 0.29) is 5.91 Å². The third-order valence-corrected chi connectivity index (χ3v) is 6.61. The zero-order valence-electron chi connectivity index (χ0n) is 14.6. The smallest absolute Gasteiger partial charge is 0.264 e. The van der Waals surface area contributed by atoms with Crippen LogP contribution < -0.4 is 4.90 Å². The highest BCUT2D eigenvalue weighted by Gasteiger charge is 2.34. The lowest BCUT2D eigenvalue weighted by atomic mass is 9.84. The zero-order chi connectivity index (χ0) is 17.2. The second-order valence-corrected chi connectivity index (χ2v) is 8.02. The van der Waals surface area contributed by atoms with Crippen molar-refractivity contribution in [3.05, 3.63) is 40.3 Å². The highest BCUT2D eigenvalue weighted by molar-refractivity contribution is 7.12. The molecule has 2 aliphatic rings. The van der Waals surface area contributed by atoms with Gasteiger partial charge in [0.1, 0.15) is 0 Å². The Kier molecular flexibility index (Phi) is 4.70. The van der Waals surface area contributed by atoms with Crippen molar-refractivity contribution in [2.24, 2.45) is 11.8 Å². The Balaban J connectivity index is 1.33. The third-order valence-electron chi connectivity index (χ3n) is 5.61. The number of aromatic nitrogens is 2. The lowest BCUT2D eigenvalue weighted by Gasteiger charge is -2.34. The van der Waals surface area contributed by atoms with Crippen molar-refractivity contribution in [1.29, 1.82) is 0 Å². The summed E-state index contributed by atoms with van der Waals surface area (Å²) in [5, 5.41) is 2.01. The van der Waals surface area contributed by atoms with Crippen LogP contribution >= 0.6 is 11.3 Å². The maximum Gasteiger partial charge on any atom is 0.264 e. The van der Waals surface area contributed by atoms with Crippen LogP contribution in [0.1, 0.15) is 34.5 Å². The fourth-order valence-corrected chi connectivity index (χ4v) is 5.01. The van der Waals surface area contributed by atoms with E-state index in [0.717, 1.165) is 49.0 Å². The van der Waals surface area contributed by atoms with Crippen molar-refractivity contribution in [3.63, 3.8) is 0 Å². The number of likely N-dealkylation sites (tertiary alicyclic amines) is 1. The van der Waals surface area contributed by atoms with Gasteiger partial charge in [0.15, 0.2) is 0 Å². The molecule has 2 fully saturated rings. The summed E-state index contributed by atoms with van der Waals surface area (Å²) >= 11 is 1.57. The Bertz CT molecular complexity index is 724. The summed E-state index contributed by atoms with van der Waals surface area (Å²) < 4.78 is 0. The number of aryl methyl sites for hydroxylation is 1. The molecule has 0 aliphatic carbocycles. The molecule has 2 aromatic rings. The summed E-state index contributed by atoms with van der Waals surface area (Å²) in [5.41, 5.74) is 1.11. The van der Waals surface area contributed by atoms with E-state index in [0.29, 0.717) is 11.8 Å². The molecule has 0 aromatic carbocycles. The molecule has 0 bridgehead atoms. The second-order valence-electron chi connectivity index (χ2n) is 7.11. The summed E-state index contributed by atoms with van der Waals surface area (Å²) in [6, 6.07) is 3.89. The van der Waals surface area contributed by atoms with Crippen LogP contribution in [0.5, 0.6) is 0 Å². The predicted octanol–water partition coefficient (Wildman–Crippen LogP) is 3.23. The van der Waals surface area contributed by atoms with Gasteiger partial charge in [-0.25, -0.2) is 9.97 Å². The fraction of sp³-hybridized carbons (Fsp3) is 0.526. The number of amides is 1. The van der Waals surface area contributed by atoms with Crippen LogP contribution in [0, 0.1) is 18.8 Å². The van der Waals surface area contributed by atoms with Gasteiger partial charge in [-0.1, -0.05) is 0 Å². The van der Waals surface area contributed by atoms with Gasteiger partial charge in [-0.2, -0.15) is 0 Å². The Hall–Kier alpha value is -1.95. The monoisotopic (exact) mass is 356 g/mol. The number of anilines is 1. The molecule has 25 heavy (non-hydrogen) atoms. The second kappa shape index (κ2) is 7.12. The van der Waals surface area contributed by atoms with E-state index in [4.69, 9.17) is 0 Å². The highest BCUT2D eigenvalue weighted by Crippen LogP contribution is 2.33. The number of thiophene rings is 1. The maximum atomic E-state index is 12.7. The largest absolute Gasteiger partial charge is 0.341 e. The minimum atomic E-state index is 0.227. The SMILES string of the molecule is Cc1ccsc1C(=O)N1CCC(C2CCN(c3ncccn3)CC2)C1. The standard InChI is InChI=1S/C19H24N4OS/c1-14-6-12-25-17(14)18(24)23-11-5-16(13-23)15-3-9-22(10-4-15)19-20-7-2-8-21-19/h2,6-8,12,15-16H,3-5,9-11,13H2,1H3. The van der Waals surface area contributed by atoms with Gasteiger partial charge >= 0.3 is 0 Å². The molecule has 4 rings (SSSR count). The quantitative estimate of drug-likeness (QED) is 0.847. The number of carbonyl (C=O) groups excluding carboxylic acids is 1. The summed E-state index contributed by atoms with van der Waals surface area (Å²) in [6.07, 6.45) is 7.09. The number of carbonyl (C=O) groups is 1. The molecule has 132 valence electrons. The number of hydrogen-bond donors (Lipinski definition) is 0. The van der Waals surface area contributed by atoms with Gasteiger partial charge in [-0.05, 0) is 61.1 Å². The van der Waals surface area contributed by atoms with E-state index in [9.17, 15) is 4.79 Å².